The van der Waals surface area contributed by atoms with E-state index in [-0.39, 0.29) is 12.1 Å². The van der Waals surface area contributed by atoms with Crippen LogP contribution >= 0.6 is 0 Å². The Morgan fingerprint density at radius 3 is 2.76 bits per heavy atom. The molecule has 17 heavy (non-hydrogen) atoms. The first-order chi connectivity index (χ1) is 7.99. The second kappa shape index (κ2) is 4.37. The van der Waals surface area contributed by atoms with Crippen LogP contribution in [0.1, 0.15) is 11.5 Å². The van der Waals surface area contributed by atoms with Crippen LogP contribution in [-0.2, 0) is 0 Å². The second-order valence-electron chi connectivity index (χ2n) is 4.35. The van der Waals surface area contributed by atoms with Crippen LogP contribution < -0.4 is 0 Å². The van der Waals surface area contributed by atoms with E-state index < -0.39 is 28.5 Å². The van der Waals surface area contributed by atoms with Gasteiger partial charge in [-0.1, -0.05) is 0 Å². The van der Waals surface area contributed by atoms with Crippen molar-refractivity contribution in [3.05, 3.63) is 45.5 Å². The summed E-state index contributed by atoms with van der Waals surface area (Å²) in [6, 6.07) is 2.20. The molecule has 1 aromatic rings. The Morgan fingerprint density at radius 1 is 1.41 bits per heavy atom. The number of hydrogen-bond donors (Lipinski definition) is 0. The molecule has 2 unspecified atom stereocenters. The van der Waals surface area contributed by atoms with Crippen molar-refractivity contribution in [1.29, 1.82) is 0 Å². The third-order valence-corrected chi connectivity index (χ3v) is 3.10. The summed E-state index contributed by atoms with van der Waals surface area (Å²) in [6.45, 7) is 0.625. The van der Waals surface area contributed by atoms with E-state index >= 15 is 0 Å². The first-order valence-corrected chi connectivity index (χ1v) is 5.26. The molecule has 0 saturated carbocycles. The van der Waals surface area contributed by atoms with Crippen LogP contribution in [0.4, 0.5) is 8.78 Å². The normalized spacial score (nSPS) is 25.1. The summed E-state index contributed by atoms with van der Waals surface area (Å²) in [5.74, 6) is -1.75. The van der Waals surface area contributed by atoms with E-state index in [2.05, 4.69) is 0 Å². The third-order valence-electron chi connectivity index (χ3n) is 3.10. The minimum atomic E-state index is -0.878. The van der Waals surface area contributed by atoms with E-state index in [0.717, 1.165) is 18.2 Å². The van der Waals surface area contributed by atoms with Crippen LogP contribution in [0.15, 0.2) is 18.2 Å². The number of benzene rings is 1. The summed E-state index contributed by atoms with van der Waals surface area (Å²) in [6.07, 6.45) is 0. The zero-order valence-electron chi connectivity index (χ0n) is 9.27. The highest BCUT2D eigenvalue weighted by atomic mass is 19.1. The molecule has 92 valence electrons. The fourth-order valence-corrected chi connectivity index (χ4v) is 2.30. The number of hydrogen-bond acceptors (Lipinski definition) is 3. The fourth-order valence-electron chi connectivity index (χ4n) is 2.30. The number of nitro groups is 1. The predicted octanol–water partition coefficient (Wildman–Crippen LogP) is 1.64. The summed E-state index contributed by atoms with van der Waals surface area (Å²) in [5.41, 5.74) is 0.0936. The van der Waals surface area contributed by atoms with Gasteiger partial charge in [0.05, 0.1) is 12.5 Å². The largest absolute Gasteiger partial charge is 0.299 e. The fraction of sp³-hybridized carbons (Fsp3) is 0.455. The number of likely N-dealkylation sites (N-methyl/N-ethyl adjacent to an activating group) is 1. The Bertz CT molecular complexity index is 453. The highest BCUT2D eigenvalue weighted by molar-refractivity contribution is 5.25. The van der Waals surface area contributed by atoms with Gasteiger partial charge < -0.3 is 0 Å². The van der Waals surface area contributed by atoms with Gasteiger partial charge in [0.2, 0.25) is 6.04 Å². The molecule has 2 atom stereocenters. The Balaban J connectivity index is 2.37. The molecule has 0 spiro atoms. The summed E-state index contributed by atoms with van der Waals surface area (Å²) >= 11 is 0. The highest BCUT2D eigenvalue weighted by Crippen LogP contribution is 2.30. The molecule has 0 N–H and O–H groups in total. The number of rotatable bonds is 2. The van der Waals surface area contributed by atoms with Crippen molar-refractivity contribution in [3.8, 4) is 0 Å². The van der Waals surface area contributed by atoms with Gasteiger partial charge in [0.25, 0.3) is 0 Å². The minimum absolute atomic E-state index is 0.0936. The van der Waals surface area contributed by atoms with Gasteiger partial charge in [-0.2, -0.15) is 0 Å². The Kier molecular flexibility index (Phi) is 3.06. The van der Waals surface area contributed by atoms with E-state index in [1.807, 2.05) is 0 Å². The van der Waals surface area contributed by atoms with Crippen LogP contribution in [0.5, 0.6) is 0 Å². The third kappa shape index (κ3) is 2.26. The lowest BCUT2D eigenvalue weighted by atomic mass is 9.94. The van der Waals surface area contributed by atoms with Gasteiger partial charge in [-0.3, -0.25) is 15.0 Å². The molecule has 0 amide bonds. The van der Waals surface area contributed by atoms with E-state index in [4.69, 9.17) is 0 Å². The van der Waals surface area contributed by atoms with Crippen molar-refractivity contribution in [2.24, 2.45) is 0 Å². The summed E-state index contributed by atoms with van der Waals surface area (Å²) in [7, 11) is 1.73. The first-order valence-electron chi connectivity index (χ1n) is 5.26. The number of nitrogens with zero attached hydrogens (tertiary/aromatic N) is 2. The average molecular weight is 242 g/mol. The molecule has 6 heteroatoms. The van der Waals surface area contributed by atoms with Gasteiger partial charge in [0.1, 0.15) is 11.6 Å². The minimum Gasteiger partial charge on any atom is -0.299 e. The standard InChI is InChI=1S/C11H12F2N2O2/c1-14-5-9(11(6-14)15(16)17)8-4-7(12)2-3-10(8)13/h2-4,9,11H,5-6H2,1H3. The zero-order chi connectivity index (χ0) is 12.6. The molecule has 1 aromatic carbocycles. The van der Waals surface area contributed by atoms with Crippen LogP contribution in [0, 0.1) is 21.7 Å². The van der Waals surface area contributed by atoms with Gasteiger partial charge >= 0.3 is 0 Å². The second-order valence-corrected chi connectivity index (χ2v) is 4.35. The van der Waals surface area contributed by atoms with Gasteiger partial charge in [0, 0.05) is 17.0 Å². The molecule has 0 aromatic heterocycles. The Morgan fingerprint density at radius 2 is 2.12 bits per heavy atom. The first kappa shape index (κ1) is 11.9. The molecule has 4 nitrogen and oxygen atoms in total. The van der Waals surface area contributed by atoms with E-state index in [1.165, 1.54) is 0 Å². The van der Waals surface area contributed by atoms with Crippen LogP contribution in [-0.4, -0.2) is 36.0 Å². The maximum absolute atomic E-state index is 13.6. The molecule has 0 aliphatic carbocycles. The molecule has 1 fully saturated rings. The Hall–Kier alpha value is -1.56. The predicted molar refractivity (Wildman–Crippen MR) is 57.4 cm³/mol. The van der Waals surface area contributed by atoms with Crippen LogP contribution in [0.25, 0.3) is 0 Å². The SMILES string of the molecule is CN1CC(c2cc(F)ccc2F)C([N+](=O)[O-])C1. The van der Waals surface area contributed by atoms with Crippen molar-refractivity contribution in [2.45, 2.75) is 12.0 Å². The zero-order valence-corrected chi connectivity index (χ0v) is 9.27. The van der Waals surface area contributed by atoms with Gasteiger partial charge in [-0.05, 0) is 25.2 Å². The molecular formula is C11H12F2N2O2. The highest BCUT2D eigenvalue weighted by Gasteiger charge is 2.41. The average Bonchev–Trinajstić information content (AvgIpc) is 2.64. The molecule has 0 bridgehead atoms. The lowest BCUT2D eigenvalue weighted by Crippen LogP contribution is -2.27. The molecule has 1 heterocycles. The van der Waals surface area contributed by atoms with Crippen LogP contribution in [0.3, 0.4) is 0 Å². The molecular weight excluding hydrogens is 230 g/mol. The van der Waals surface area contributed by atoms with Crippen molar-refractivity contribution in [1.82, 2.24) is 4.90 Å². The van der Waals surface area contributed by atoms with E-state index in [1.54, 1.807) is 11.9 Å². The molecule has 1 aliphatic rings. The van der Waals surface area contributed by atoms with Gasteiger partial charge in [-0.15, -0.1) is 0 Å². The van der Waals surface area contributed by atoms with E-state index in [9.17, 15) is 18.9 Å². The van der Waals surface area contributed by atoms with Crippen LogP contribution in [0.2, 0.25) is 0 Å². The number of halogens is 2. The lowest BCUT2D eigenvalue weighted by molar-refractivity contribution is -0.521. The smallest absolute Gasteiger partial charge is 0.233 e. The molecule has 1 saturated heterocycles. The van der Waals surface area contributed by atoms with Gasteiger partial charge in [-0.25, -0.2) is 8.78 Å². The summed E-state index contributed by atoms with van der Waals surface area (Å²) in [5, 5.41) is 10.9. The van der Waals surface area contributed by atoms with Crippen molar-refractivity contribution < 1.29 is 13.7 Å². The quantitative estimate of drug-likeness (QED) is 0.585. The maximum Gasteiger partial charge on any atom is 0.233 e. The molecule has 0 radical (unpaired) electrons. The monoisotopic (exact) mass is 242 g/mol. The molecule has 2 rings (SSSR count). The van der Waals surface area contributed by atoms with Gasteiger partial charge in [0.15, 0.2) is 0 Å². The lowest BCUT2D eigenvalue weighted by Gasteiger charge is -2.13. The van der Waals surface area contributed by atoms with Crippen molar-refractivity contribution >= 4 is 0 Å². The van der Waals surface area contributed by atoms with Crippen molar-refractivity contribution in [3.63, 3.8) is 0 Å². The summed E-state index contributed by atoms with van der Waals surface area (Å²) in [4.78, 5) is 12.2. The number of likely N-dealkylation sites (tertiary alicyclic amines) is 1. The topological polar surface area (TPSA) is 46.4 Å². The van der Waals surface area contributed by atoms with E-state index in [0.29, 0.717) is 6.54 Å². The summed E-state index contributed by atoms with van der Waals surface area (Å²) < 4.78 is 26.7. The van der Waals surface area contributed by atoms with Crippen molar-refractivity contribution in [2.75, 3.05) is 20.1 Å². The maximum atomic E-state index is 13.6. The molecule has 1 aliphatic heterocycles. The Labute approximate surface area is 97.0 Å².